The van der Waals surface area contributed by atoms with E-state index in [1.165, 1.54) is 0 Å². The Morgan fingerprint density at radius 2 is 1.73 bits per heavy atom. The first-order valence-electron chi connectivity index (χ1n) is 11.0. The van der Waals surface area contributed by atoms with Gasteiger partial charge >= 0.3 is 0 Å². The highest BCUT2D eigenvalue weighted by Crippen LogP contribution is 2.39. The molecule has 8 heteroatoms. The number of carbonyl (C=O) groups is 2. The maximum Gasteiger partial charge on any atom is 0.295 e. The van der Waals surface area contributed by atoms with E-state index >= 15 is 0 Å². The second kappa shape index (κ2) is 10.4. The van der Waals surface area contributed by atoms with Gasteiger partial charge in [0, 0.05) is 36.8 Å². The van der Waals surface area contributed by atoms with Crippen molar-refractivity contribution in [3.8, 4) is 5.75 Å². The Morgan fingerprint density at radius 3 is 2.36 bits per heavy atom. The third-order valence-corrected chi connectivity index (χ3v) is 6.32. The molecule has 2 fully saturated rings. The van der Waals surface area contributed by atoms with E-state index in [1.54, 1.807) is 60.5 Å². The molecule has 0 bridgehead atoms. The van der Waals surface area contributed by atoms with Gasteiger partial charge in [-0.2, -0.15) is 0 Å². The van der Waals surface area contributed by atoms with Crippen molar-refractivity contribution in [1.82, 2.24) is 9.80 Å². The average Bonchev–Trinajstić information content (AvgIpc) is 3.10. The summed E-state index contributed by atoms with van der Waals surface area (Å²) in [6.07, 6.45) is 0.708. The number of ketones is 1. The van der Waals surface area contributed by atoms with Crippen LogP contribution in [0.1, 0.15) is 23.6 Å². The zero-order chi connectivity index (χ0) is 23.4. The van der Waals surface area contributed by atoms with Crippen LogP contribution in [0.4, 0.5) is 0 Å². The normalized spacial score (nSPS) is 20.9. The largest absolute Gasteiger partial charge is 0.507 e. The summed E-state index contributed by atoms with van der Waals surface area (Å²) in [7, 11) is 1.55. The number of morpholine rings is 1. The Bertz CT molecular complexity index is 1030. The molecule has 2 aromatic carbocycles. The Labute approximate surface area is 198 Å². The predicted octanol–water partition coefficient (Wildman–Crippen LogP) is 3.49. The summed E-state index contributed by atoms with van der Waals surface area (Å²) in [4.78, 5) is 30.0. The number of aliphatic hydroxyl groups excluding tert-OH is 1. The minimum absolute atomic E-state index is 0.0823. The molecule has 4 rings (SSSR count). The van der Waals surface area contributed by atoms with Gasteiger partial charge in [-0.15, -0.1) is 0 Å². The molecule has 2 heterocycles. The van der Waals surface area contributed by atoms with E-state index in [9.17, 15) is 14.7 Å². The van der Waals surface area contributed by atoms with Gasteiger partial charge in [-0.25, -0.2) is 0 Å². The number of rotatable bonds is 7. The van der Waals surface area contributed by atoms with E-state index in [0.29, 0.717) is 42.5 Å². The van der Waals surface area contributed by atoms with Crippen LogP contribution in [0.3, 0.4) is 0 Å². The zero-order valence-electron chi connectivity index (χ0n) is 18.5. The average molecular weight is 471 g/mol. The van der Waals surface area contributed by atoms with Gasteiger partial charge in [-0.05, 0) is 48.4 Å². The number of ether oxygens (including phenoxy) is 2. The quantitative estimate of drug-likeness (QED) is 0.379. The van der Waals surface area contributed by atoms with E-state index in [4.69, 9.17) is 21.1 Å². The van der Waals surface area contributed by atoms with Crippen LogP contribution in [0.2, 0.25) is 5.02 Å². The van der Waals surface area contributed by atoms with Gasteiger partial charge in [-0.1, -0.05) is 23.7 Å². The molecule has 0 spiro atoms. The monoisotopic (exact) mass is 470 g/mol. The number of carbonyl (C=O) groups excluding carboxylic acids is 2. The first-order chi connectivity index (χ1) is 16.0. The van der Waals surface area contributed by atoms with Crippen molar-refractivity contribution in [1.29, 1.82) is 0 Å². The van der Waals surface area contributed by atoms with E-state index in [0.717, 1.165) is 25.2 Å². The second-order valence-electron chi connectivity index (χ2n) is 8.08. The summed E-state index contributed by atoms with van der Waals surface area (Å²) in [5.74, 6) is -0.863. The molecular weight excluding hydrogens is 444 g/mol. The summed E-state index contributed by atoms with van der Waals surface area (Å²) in [5.41, 5.74) is 1.25. The van der Waals surface area contributed by atoms with Crippen molar-refractivity contribution in [3.05, 3.63) is 70.3 Å². The molecule has 2 aliphatic heterocycles. The summed E-state index contributed by atoms with van der Waals surface area (Å²) in [6.45, 7) is 4.33. The van der Waals surface area contributed by atoms with Crippen LogP contribution < -0.4 is 4.74 Å². The minimum atomic E-state index is -0.686. The molecule has 0 aliphatic carbocycles. The molecule has 174 valence electrons. The highest BCUT2D eigenvalue weighted by molar-refractivity contribution is 6.46. The van der Waals surface area contributed by atoms with Gasteiger partial charge in [0.05, 0.1) is 31.9 Å². The molecule has 0 aromatic heterocycles. The molecule has 1 amide bonds. The minimum Gasteiger partial charge on any atom is -0.507 e. The molecule has 2 saturated heterocycles. The van der Waals surface area contributed by atoms with Crippen LogP contribution in [0.25, 0.3) is 5.76 Å². The third kappa shape index (κ3) is 5.05. The fraction of sp³-hybridized carbons (Fsp3) is 0.360. The van der Waals surface area contributed by atoms with Crippen molar-refractivity contribution in [2.45, 2.75) is 12.5 Å². The first-order valence-corrected chi connectivity index (χ1v) is 11.4. The summed E-state index contributed by atoms with van der Waals surface area (Å²) >= 11 is 6.07. The van der Waals surface area contributed by atoms with Gasteiger partial charge < -0.3 is 19.5 Å². The number of benzene rings is 2. The number of amides is 1. The topological polar surface area (TPSA) is 79.3 Å². The van der Waals surface area contributed by atoms with E-state index in [1.807, 2.05) is 0 Å². The highest BCUT2D eigenvalue weighted by Gasteiger charge is 2.45. The molecular formula is C25H27ClN2O5. The Morgan fingerprint density at radius 1 is 1.06 bits per heavy atom. The van der Waals surface area contributed by atoms with Crippen molar-refractivity contribution in [3.63, 3.8) is 0 Å². The zero-order valence-corrected chi connectivity index (χ0v) is 19.3. The van der Waals surface area contributed by atoms with Crippen LogP contribution in [-0.4, -0.2) is 73.1 Å². The molecule has 2 aromatic rings. The smallest absolute Gasteiger partial charge is 0.295 e. The molecule has 0 saturated carbocycles. The lowest BCUT2D eigenvalue weighted by molar-refractivity contribution is -0.140. The van der Waals surface area contributed by atoms with Gasteiger partial charge in [0.2, 0.25) is 0 Å². The lowest BCUT2D eigenvalue weighted by atomic mass is 9.95. The molecule has 1 atom stereocenters. The van der Waals surface area contributed by atoms with E-state index < -0.39 is 17.7 Å². The van der Waals surface area contributed by atoms with E-state index in [2.05, 4.69) is 4.90 Å². The van der Waals surface area contributed by atoms with Gasteiger partial charge in [-0.3, -0.25) is 14.5 Å². The Balaban J connectivity index is 1.65. The fourth-order valence-corrected chi connectivity index (χ4v) is 4.42. The maximum absolute atomic E-state index is 13.1. The van der Waals surface area contributed by atoms with Gasteiger partial charge in [0.15, 0.2) is 0 Å². The fourth-order valence-electron chi connectivity index (χ4n) is 4.30. The standard InChI is InChI=1S/C25H27ClN2O5/c1-32-20-9-5-18(6-10-20)23(29)21-22(17-3-7-19(26)8-4-17)28(25(31)24(21)30)12-2-11-27-13-15-33-16-14-27/h3-10,22,29H,2,11-16H2,1H3. The molecule has 7 nitrogen and oxygen atoms in total. The lowest BCUT2D eigenvalue weighted by Crippen LogP contribution is -2.38. The second-order valence-corrected chi connectivity index (χ2v) is 8.52. The van der Waals surface area contributed by atoms with Gasteiger partial charge in [0.25, 0.3) is 11.7 Å². The third-order valence-electron chi connectivity index (χ3n) is 6.07. The number of methoxy groups -OCH3 is 1. The van der Waals surface area contributed by atoms with Crippen LogP contribution in [0.15, 0.2) is 54.1 Å². The predicted molar refractivity (Wildman–Crippen MR) is 125 cm³/mol. The number of hydrogen-bond donors (Lipinski definition) is 1. The van der Waals surface area contributed by atoms with Gasteiger partial charge in [0.1, 0.15) is 11.5 Å². The molecule has 2 aliphatic rings. The van der Waals surface area contributed by atoms with Crippen molar-refractivity contribution in [2.75, 3.05) is 46.5 Å². The van der Waals surface area contributed by atoms with E-state index in [-0.39, 0.29) is 11.3 Å². The molecule has 0 radical (unpaired) electrons. The van der Waals surface area contributed by atoms with Crippen molar-refractivity contribution >= 4 is 29.1 Å². The molecule has 33 heavy (non-hydrogen) atoms. The highest BCUT2D eigenvalue weighted by atomic mass is 35.5. The van der Waals surface area contributed by atoms with Crippen LogP contribution in [0, 0.1) is 0 Å². The summed E-state index contributed by atoms with van der Waals surface area (Å²) < 4.78 is 10.6. The Kier molecular flexibility index (Phi) is 7.33. The summed E-state index contributed by atoms with van der Waals surface area (Å²) in [5, 5.41) is 11.7. The van der Waals surface area contributed by atoms with Crippen LogP contribution in [0.5, 0.6) is 5.75 Å². The number of nitrogens with zero attached hydrogens (tertiary/aromatic N) is 2. The maximum atomic E-state index is 13.1. The number of halogens is 1. The van der Waals surface area contributed by atoms with Crippen LogP contribution in [-0.2, 0) is 14.3 Å². The van der Waals surface area contributed by atoms with Crippen molar-refractivity contribution < 1.29 is 24.2 Å². The number of likely N-dealkylation sites (tertiary alicyclic amines) is 1. The Hall–Kier alpha value is -2.87. The molecule has 1 unspecified atom stereocenters. The molecule has 1 N–H and O–H groups in total. The van der Waals surface area contributed by atoms with Crippen LogP contribution >= 0.6 is 11.6 Å². The number of aliphatic hydroxyl groups is 1. The summed E-state index contributed by atoms with van der Waals surface area (Å²) in [6, 6.07) is 13.1. The first kappa shape index (κ1) is 23.3. The number of Topliss-reactive ketones (excluding diaryl/α,β-unsaturated/α-hetero) is 1. The SMILES string of the molecule is COc1ccc(C(O)=C2C(=O)C(=O)N(CCCN3CCOCC3)C2c2ccc(Cl)cc2)cc1. The lowest BCUT2D eigenvalue weighted by Gasteiger charge is -2.29. The number of hydrogen-bond acceptors (Lipinski definition) is 6. The van der Waals surface area contributed by atoms with Crippen molar-refractivity contribution in [2.24, 2.45) is 0 Å².